The van der Waals surface area contributed by atoms with Crippen molar-refractivity contribution in [3.05, 3.63) is 0 Å². The molecule has 1 rings (SSSR count). The summed E-state index contributed by atoms with van der Waals surface area (Å²) in [4.78, 5) is 9.86. The number of carbonyl (C=O) groups is 1. The number of hydrogen-bond acceptors (Lipinski definition) is 5. The van der Waals surface area contributed by atoms with E-state index in [0.29, 0.717) is 16.7 Å². The van der Waals surface area contributed by atoms with E-state index in [2.05, 4.69) is 15.5 Å². The topological polar surface area (TPSA) is 64.1 Å². The summed E-state index contributed by atoms with van der Waals surface area (Å²) in [5.74, 6) is 0. The lowest BCUT2D eigenvalue weighted by Crippen LogP contribution is -1.91. The van der Waals surface area contributed by atoms with Crippen molar-refractivity contribution in [2.75, 3.05) is 12.4 Å². The van der Waals surface area contributed by atoms with Crippen LogP contribution in [-0.2, 0) is 4.79 Å². The standard InChI is InChI=1S/C4H5N3O2S/c1-9-4-7-6-3(10-4)5-2-8/h2H,1H3,(H,5,6,8). The number of anilines is 1. The first-order valence-electron chi connectivity index (χ1n) is 2.44. The molecule has 0 spiro atoms. The Labute approximate surface area is 61.0 Å². The predicted molar refractivity (Wildman–Crippen MR) is 36.1 cm³/mol. The fourth-order valence-electron chi connectivity index (χ4n) is 0.401. The van der Waals surface area contributed by atoms with Crippen molar-refractivity contribution >= 4 is 22.9 Å². The Hall–Kier alpha value is -1.17. The monoisotopic (exact) mass is 159 g/mol. The van der Waals surface area contributed by atoms with Gasteiger partial charge in [0.05, 0.1) is 7.11 Å². The molecule has 0 bridgehead atoms. The van der Waals surface area contributed by atoms with Gasteiger partial charge in [0.2, 0.25) is 11.5 Å². The van der Waals surface area contributed by atoms with E-state index in [9.17, 15) is 4.79 Å². The quantitative estimate of drug-likeness (QED) is 0.636. The Morgan fingerprint density at radius 3 is 3.00 bits per heavy atom. The zero-order valence-corrected chi connectivity index (χ0v) is 6.01. The molecule has 0 fully saturated rings. The van der Waals surface area contributed by atoms with Crippen LogP contribution in [0.25, 0.3) is 0 Å². The van der Waals surface area contributed by atoms with E-state index < -0.39 is 0 Å². The molecule has 0 aliphatic carbocycles. The van der Waals surface area contributed by atoms with Crippen LogP contribution in [0.1, 0.15) is 0 Å². The molecular weight excluding hydrogens is 154 g/mol. The Morgan fingerprint density at radius 1 is 1.70 bits per heavy atom. The number of hydrogen-bond donors (Lipinski definition) is 1. The minimum Gasteiger partial charge on any atom is -0.472 e. The van der Waals surface area contributed by atoms with Gasteiger partial charge in [0.15, 0.2) is 0 Å². The predicted octanol–water partition coefficient (Wildman–Crippen LogP) is 0.115. The molecule has 54 valence electrons. The molecule has 0 unspecified atom stereocenters. The summed E-state index contributed by atoms with van der Waals surface area (Å²) in [5, 5.41) is 10.4. The zero-order valence-electron chi connectivity index (χ0n) is 5.20. The van der Waals surface area contributed by atoms with Gasteiger partial charge >= 0.3 is 0 Å². The number of amides is 1. The van der Waals surface area contributed by atoms with Crippen molar-refractivity contribution in [3.8, 4) is 5.19 Å². The van der Waals surface area contributed by atoms with Crippen LogP contribution in [0, 0.1) is 0 Å². The number of ether oxygens (including phenoxy) is 1. The lowest BCUT2D eigenvalue weighted by Gasteiger charge is -1.85. The maximum absolute atomic E-state index is 9.86. The fraction of sp³-hybridized carbons (Fsp3) is 0.250. The second kappa shape index (κ2) is 3.11. The van der Waals surface area contributed by atoms with E-state index in [0.717, 1.165) is 0 Å². The molecule has 0 aliphatic rings. The maximum atomic E-state index is 9.86. The zero-order chi connectivity index (χ0) is 7.40. The smallest absolute Gasteiger partial charge is 0.295 e. The third-order valence-corrected chi connectivity index (χ3v) is 1.58. The second-order valence-corrected chi connectivity index (χ2v) is 2.28. The molecule has 0 saturated heterocycles. The van der Waals surface area contributed by atoms with Gasteiger partial charge in [0.1, 0.15) is 0 Å². The molecule has 0 aliphatic heterocycles. The molecule has 0 aromatic carbocycles. The van der Waals surface area contributed by atoms with E-state index >= 15 is 0 Å². The van der Waals surface area contributed by atoms with E-state index in [-0.39, 0.29) is 0 Å². The first kappa shape index (κ1) is 6.94. The van der Waals surface area contributed by atoms with E-state index in [1.54, 1.807) is 0 Å². The largest absolute Gasteiger partial charge is 0.472 e. The molecule has 5 nitrogen and oxygen atoms in total. The number of aromatic nitrogens is 2. The number of nitrogens with zero attached hydrogens (tertiary/aromatic N) is 2. The van der Waals surface area contributed by atoms with Crippen molar-refractivity contribution in [3.63, 3.8) is 0 Å². The molecule has 1 amide bonds. The van der Waals surface area contributed by atoms with Gasteiger partial charge in [0.25, 0.3) is 5.19 Å². The van der Waals surface area contributed by atoms with Crippen LogP contribution in [-0.4, -0.2) is 23.7 Å². The Bertz CT molecular complexity index is 224. The third-order valence-electron chi connectivity index (χ3n) is 0.763. The minimum atomic E-state index is 0.435. The lowest BCUT2D eigenvalue weighted by atomic mass is 11.1. The highest BCUT2D eigenvalue weighted by Crippen LogP contribution is 2.20. The summed E-state index contributed by atoms with van der Waals surface area (Å²) in [7, 11) is 1.49. The summed E-state index contributed by atoms with van der Waals surface area (Å²) in [6.07, 6.45) is 0.542. The highest BCUT2D eigenvalue weighted by atomic mass is 32.1. The summed E-state index contributed by atoms with van der Waals surface area (Å²) >= 11 is 1.17. The second-order valence-electron chi connectivity index (χ2n) is 1.34. The van der Waals surface area contributed by atoms with Crippen molar-refractivity contribution in [2.45, 2.75) is 0 Å². The number of carbonyl (C=O) groups excluding carboxylic acids is 1. The minimum absolute atomic E-state index is 0.435. The molecular formula is C4H5N3O2S. The first-order chi connectivity index (χ1) is 4.86. The van der Waals surface area contributed by atoms with E-state index in [4.69, 9.17) is 4.74 Å². The van der Waals surface area contributed by atoms with E-state index in [1.807, 2.05) is 0 Å². The van der Waals surface area contributed by atoms with Gasteiger partial charge in [-0.05, 0) is 11.3 Å². The van der Waals surface area contributed by atoms with Gasteiger partial charge in [0, 0.05) is 0 Å². The average Bonchev–Trinajstić information content (AvgIpc) is 2.37. The summed E-state index contributed by atoms with van der Waals surface area (Å²) in [5.41, 5.74) is 0. The molecule has 0 saturated carbocycles. The fourth-order valence-corrected chi connectivity index (χ4v) is 0.920. The van der Waals surface area contributed by atoms with Crippen LogP contribution in [0.5, 0.6) is 5.19 Å². The van der Waals surface area contributed by atoms with Crippen molar-refractivity contribution in [1.82, 2.24) is 10.2 Å². The SMILES string of the molecule is COc1nnc(NC=O)s1. The van der Waals surface area contributed by atoms with Crippen LogP contribution < -0.4 is 10.1 Å². The van der Waals surface area contributed by atoms with Gasteiger partial charge in [-0.15, -0.1) is 5.10 Å². The Balaban J connectivity index is 2.67. The normalized spacial score (nSPS) is 8.90. The Morgan fingerprint density at radius 2 is 2.50 bits per heavy atom. The van der Waals surface area contributed by atoms with Crippen LogP contribution in [0.4, 0.5) is 5.13 Å². The molecule has 1 aromatic heterocycles. The lowest BCUT2D eigenvalue weighted by molar-refractivity contribution is -0.105. The van der Waals surface area contributed by atoms with E-state index in [1.165, 1.54) is 18.4 Å². The summed E-state index contributed by atoms with van der Waals surface area (Å²) in [6, 6.07) is 0. The molecule has 0 radical (unpaired) electrons. The van der Waals surface area contributed by atoms with Crippen molar-refractivity contribution < 1.29 is 9.53 Å². The van der Waals surface area contributed by atoms with Crippen LogP contribution >= 0.6 is 11.3 Å². The van der Waals surface area contributed by atoms with Crippen LogP contribution in [0.3, 0.4) is 0 Å². The average molecular weight is 159 g/mol. The van der Waals surface area contributed by atoms with Gasteiger partial charge in [-0.1, -0.05) is 5.10 Å². The highest BCUT2D eigenvalue weighted by molar-refractivity contribution is 7.17. The maximum Gasteiger partial charge on any atom is 0.295 e. The van der Waals surface area contributed by atoms with Crippen LogP contribution in [0.2, 0.25) is 0 Å². The van der Waals surface area contributed by atoms with Gasteiger partial charge in [-0.2, -0.15) is 0 Å². The molecule has 6 heteroatoms. The number of nitrogens with one attached hydrogen (secondary N) is 1. The van der Waals surface area contributed by atoms with Crippen LogP contribution in [0.15, 0.2) is 0 Å². The van der Waals surface area contributed by atoms with Crippen molar-refractivity contribution in [1.29, 1.82) is 0 Å². The summed E-state index contributed by atoms with van der Waals surface area (Å²) in [6.45, 7) is 0. The highest BCUT2D eigenvalue weighted by Gasteiger charge is 2.00. The molecule has 10 heavy (non-hydrogen) atoms. The molecule has 1 aromatic rings. The molecule has 0 atom stereocenters. The van der Waals surface area contributed by atoms with Gasteiger partial charge < -0.3 is 10.1 Å². The first-order valence-corrected chi connectivity index (χ1v) is 3.26. The Kier molecular flexibility index (Phi) is 2.16. The molecule has 1 N–H and O–H groups in total. The number of methoxy groups -OCH3 is 1. The number of rotatable bonds is 3. The third kappa shape index (κ3) is 1.41. The van der Waals surface area contributed by atoms with Crippen molar-refractivity contribution in [2.24, 2.45) is 0 Å². The molecule has 1 heterocycles. The van der Waals surface area contributed by atoms with Gasteiger partial charge in [-0.25, -0.2) is 0 Å². The summed E-state index contributed by atoms with van der Waals surface area (Å²) < 4.78 is 4.73. The van der Waals surface area contributed by atoms with Gasteiger partial charge in [-0.3, -0.25) is 4.79 Å².